The Balaban J connectivity index is 1.77. The van der Waals surface area contributed by atoms with Crippen molar-refractivity contribution in [2.24, 2.45) is 0 Å². The monoisotopic (exact) mass is 462 g/mol. The van der Waals surface area contributed by atoms with Crippen LogP contribution in [0, 0.1) is 0 Å². The van der Waals surface area contributed by atoms with E-state index in [-0.39, 0.29) is 24.5 Å². The van der Waals surface area contributed by atoms with Crippen LogP contribution in [0.15, 0.2) is 83.8 Å². The fourth-order valence-electron chi connectivity index (χ4n) is 2.79. The fourth-order valence-corrected chi connectivity index (χ4v) is 4.42. The molecule has 0 bridgehead atoms. The number of hydrogen-bond donors (Lipinski definition) is 1. The van der Waals surface area contributed by atoms with Gasteiger partial charge in [-0.15, -0.1) is 0 Å². The number of rotatable bonds is 8. The van der Waals surface area contributed by atoms with Crippen LogP contribution in [0.2, 0.25) is 10.0 Å². The Hall–Kier alpha value is -2.38. The lowest BCUT2D eigenvalue weighted by molar-refractivity contribution is -0.121. The normalized spacial score (nSPS) is 11.4. The molecule has 1 amide bonds. The van der Waals surface area contributed by atoms with Crippen LogP contribution in [-0.2, 0) is 27.9 Å². The zero-order valence-corrected chi connectivity index (χ0v) is 18.3. The highest BCUT2D eigenvalue weighted by Crippen LogP contribution is 2.20. The standard InChI is InChI=1S/C22H20Cl2N2O3S/c23-19-8-6-17(7-9-19)14-25-22(27)16-26(15-18-4-2-1-3-5-18)30(28,29)21-12-10-20(24)11-13-21/h1-13H,14-16H2,(H,25,27). The minimum Gasteiger partial charge on any atom is -0.351 e. The van der Waals surface area contributed by atoms with Gasteiger partial charge < -0.3 is 5.32 Å². The second kappa shape index (κ2) is 10.1. The van der Waals surface area contributed by atoms with Crippen LogP contribution in [-0.4, -0.2) is 25.2 Å². The van der Waals surface area contributed by atoms with E-state index in [0.717, 1.165) is 15.4 Å². The third-order valence-corrected chi connectivity index (χ3v) is 6.69. The largest absolute Gasteiger partial charge is 0.351 e. The van der Waals surface area contributed by atoms with Gasteiger partial charge in [-0.05, 0) is 47.5 Å². The Morgan fingerprint density at radius 1 is 0.800 bits per heavy atom. The highest BCUT2D eigenvalue weighted by molar-refractivity contribution is 7.89. The Morgan fingerprint density at radius 2 is 1.37 bits per heavy atom. The van der Waals surface area contributed by atoms with E-state index < -0.39 is 15.9 Å². The van der Waals surface area contributed by atoms with Crippen molar-refractivity contribution < 1.29 is 13.2 Å². The maximum atomic E-state index is 13.2. The maximum absolute atomic E-state index is 13.2. The summed E-state index contributed by atoms with van der Waals surface area (Å²) in [4.78, 5) is 12.6. The molecule has 0 aliphatic rings. The van der Waals surface area contributed by atoms with Crippen molar-refractivity contribution in [1.82, 2.24) is 9.62 Å². The van der Waals surface area contributed by atoms with Gasteiger partial charge in [-0.1, -0.05) is 65.7 Å². The van der Waals surface area contributed by atoms with Gasteiger partial charge in [0.2, 0.25) is 15.9 Å². The van der Waals surface area contributed by atoms with Gasteiger partial charge in [0.05, 0.1) is 11.4 Å². The van der Waals surface area contributed by atoms with E-state index in [1.165, 1.54) is 24.3 Å². The van der Waals surface area contributed by atoms with Crippen LogP contribution < -0.4 is 5.32 Å². The molecule has 1 N–H and O–H groups in total. The van der Waals surface area contributed by atoms with Crippen LogP contribution in [0.4, 0.5) is 0 Å². The molecule has 0 aliphatic carbocycles. The van der Waals surface area contributed by atoms with E-state index in [0.29, 0.717) is 10.0 Å². The second-order valence-electron chi connectivity index (χ2n) is 6.62. The highest BCUT2D eigenvalue weighted by atomic mass is 35.5. The van der Waals surface area contributed by atoms with E-state index in [4.69, 9.17) is 23.2 Å². The molecule has 5 nitrogen and oxygen atoms in total. The van der Waals surface area contributed by atoms with Crippen LogP contribution in [0.3, 0.4) is 0 Å². The zero-order valence-electron chi connectivity index (χ0n) is 16.0. The van der Waals surface area contributed by atoms with E-state index in [9.17, 15) is 13.2 Å². The van der Waals surface area contributed by atoms with E-state index in [1.807, 2.05) is 30.3 Å². The van der Waals surface area contributed by atoms with Gasteiger partial charge in [0, 0.05) is 23.1 Å². The lowest BCUT2D eigenvalue weighted by atomic mass is 10.2. The van der Waals surface area contributed by atoms with Crippen molar-refractivity contribution in [2.45, 2.75) is 18.0 Å². The summed E-state index contributed by atoms with van der Waals surface area (Å²) in [5, 5.41) is 3.80. The molecule has 0 aliphatic heterocycles. The molecular formula is C22H20Cl2N2O3S. The number of carbonyl (C=O) groups is 1. The first-order valence-electron chi connectivity index (χ1n) is 9.15. The Bertz CT molecular complexity index is 1090. The van der Waals surface area contributed by atoms with Crippen LogP contribution in [0.25, 0.3) is 0 Å². The van der Waals surface area contributed by atoms with Crippen LogP contribution in [0.5, 0.6) is 0 Å². The number of nitrogens with zero attached hydrogens (tertiary/aromatic N) is 1. The average molecular weight is 463 g/mol. The van der Waals surface area contributed by atoms with E-state index in [2.05, 4.69) is 5.32 Å². The average Bonchev–Trinajstić information content (AvgIpc) is 2.74. The van der Waals surface area contributed by atoms with Crippen molar-refractivity contribution in [2.75, 3.05) is 6.54 Å². The van der Waals surface area contributed by atoms with Gasteiger partial charge in [0.1, 0.15) is 0 Å². The molecule has 0 spiro atoms. The summed E-state index contributed by atoms with van der Waals surface area (Å²) in [6.45, 7) is 0.0315. The third-order valence-electron chi connectivity index (χ3n) is 4.38. The Labute approximate surface area is 186 Å². The molecule has 8 heteroatoms. The summed E-state index contributed by atoms with van der Waals surface area (Å²) < 4.78 is 27.5. The summed E-state index contributed by atoms with van der Waals surface area (Å²) in [7, 11) is -3.90. The number of nitrogens with one attached hydrogen (secondary N) is 1. The van der Waals surface area contributed by atoms with Crippen molar-refractivity contribution in [3.8, 4) is 0 Å². The van der Waals surface area contributed by atoms with E-state index >= 15 is 0 Å². The van der Waals surface area contributed by atoms with Gasteiger partial charge in [0.25, 0.3) is 0 Å². The minimum atomic E-state index is -3.90. The molecule has 0 aromatic heterocycles. The number of sulfonamides is 1. The quantitative estimate of drug-likeness (QED) is 0.535. The van der Waals surface area contributed by atoms with Crippen LogP contribution in [0.1, 0.15) is 11.1 Å². The Morgan fingerprint density at radius 3 is 1.97 bits per heavy atom. The summed E-state index contributed by atoms with van der Waals surface area (Å²) >= 11 is 11.8. The maximum Gasteiger partial charge on any atom is 0.243 e. The summed E-state index contributed by atoms with van der Waals surface area (Å²) in [6.07, 6.45) is 0. The van der Waals surface area contributed by atoms with Crippen molar-refractivity contribution in [3.63, 3.8) is 0 Å². The molecule has 30 heavy (non-hydrogen) atoms. The predicted molar refractivity (Wildman–Crippen MR) is 119 cm³/mol. The van der Waals surface area contributed by atoms with Crippen molar-refractivity contribution >= 4 is 39.1 Å². The van der Waals surface area contributed by atoms with Crippen molar-refractivity contribution in [3.05, 3.63) is 100 Å². The highest BCUT2D eigenvalue weighted by Gasteiger charge is 2.26. The van der Waals surface area contributed by atoms with Gasteiger partial charge in [0.15, 0.2) is 0 Å². The molecule has 3 rings (SSSR count). The molecule has 3 aromatic carbocycles. The van der Waals surface area contributed by atoms with Crippen molar-refractivity contribution in [1.29, 1.82) is 0 Å². The SMILES string of the molecule is O=C(CN(Cc1ccccc1)S(=O)(=O)c1ccc(Cl)cc1)NCc1ccc(Cl)cc1. The molecule has 0 unspecified atom stereocenters. The van der Waals surface area contributed by atoms with Crippen LogP contribution >= 0.6 is 23.2 Å². The minimum absolute atomic E-state index is 0.0696. The summed E-state index contributed by atoms with van der Waals surface area (Å²) in [5.74, 6) is -0.404. The van der Waals surface area contributed by atoms with Gasteiger partial charge in [-0.25, -0.2) is 8.42 Å². The topological polar surface area (TPSA) is 66.5 Å². The molecule has 3 aromatic rings. The smallest absolute Gasteiger partial charge is 0.243 e. The van der Waals surface area contributed by atoms with Gasteiger partial charge in [-0.3, -0.25) is 4.79 Å². The number of carbonyl (C=O) groups excluding carboxylic acids is 1. The fraction of sp³-hybridized carbons (Fsp3) is 0.136. The molecule has 0 saturated carbocycles. The summed E-state index contributed by atoms with van der Waals surface area (Å²) in [5.41, 5.74) is 1.64. The van der Waals surface area contributed by atoms with Gasteiger partial charge in [-0.2, -0.15) is 4.31 Å². The lowest BCUT2D eigenvalue weighted by Gasteiger charge is -2.22. The van der Waals surface area contributed by atoms with E-state index in [1.54, 1.807) is 24.3 Å². The number of benzene rings is 3. The molecule has 0 atom stereocenters. The summed E-state index contributed by atoms with van der Waals surface area (Å²) in [6, 6.07) is 22.1. The third kappa shape index (κ3) is 6.06. The number of amides is 1. The first-order valence-corrected chi connectivity index (χ1v) is 11.3. The molecular weight excluding hydrogens is 443 g/mol. The Kier molecular flexibility index (Phi) is 7.50. The molecule has 0 radical (unpaired) electrons. The first kappa shape index (κ1) is 22.3. The van der Waals surface area contributed by atoms with Gasteiger partial charge >= 0.3 is 0 Å². The second-order valence-corrected chi connectivity index (χ2v) is 9.43. The molecule has 0 fully saturated rings. The molecule has 156 valence electrons. The first-order chi connectivity index (χ1) is 14.3. The molecule has 0 heterocycles. The zero-order chi connectivity index (χ0) is 21.6. The number of hydrogen-bond acceptors (Lipinski definition) is 3. The number of halogens is 2. The predicted octanol–water partition coefficient (Wildman–Crippen LogP) is 4.50. The molecule has 0 saturated heterocycles. The lowest BCUT2D eigenvalue weighted by Crippen LogP contribution is -2.40.